The van der Waals surface area contributed by atoms with Crippen LogP contribution >= 0.6 is 0 Å². The highest BCUT2D eigenvalue weighted by atomic mass is 15.3. The lowest BCUT2D eigenvalue weighted by molar-refractivity contribution is 0.532. The zero-order valence-corrected chi connectivity index (χ0v) is 14.7. The summed E-state index contributed by atoms with van der Waals surface area (Å²) < 4.78 is 2.19. The summed E-state index contributed by atoms with van der Waals surface area (Å²) in [7, 11) is 0. The molecule has 25 heavy (non-hydrogen) atoms. The fourth-order valence-corrected chi connectivity index (χ4v) is 3.68. The Labute approximate surface area is 147 Å². The van der Waals surface area contributed by atoms with Crippen molar-refractivity contribution in [3.8, 4) is 0 Å². The molecule has 4 rings (SSSR count). The summed E-state index contributed by atoms with van der Waals surface area (Å²) in [4.78, 5) is 6.75. The lowest BCUT2D eigenvalue weighted by atomic mass is 10.0. The van der Waals surface area contributed by atoms with Gasteiger partial charge in [-0.25, -0.2) is 4.98 Å². The Morgan fingerprint density at radius 3 is 3.08 bits per heavy atom. The number of nitrogens with zero attached hydrogens (tertiary/aromatic N) is 5. The van der Waals surface area contributed by atoms with Crippen LogP contribution in [0.15, 0.2) is 18.5 Å². The minimum absolute atomic E-state index is 0.776. The Hall–Kier alpha value is -2.41. The van der Waals surface area contributed by atoms with Crippen molar-refractivity contribution in [2.45, 2.75) is 45.7 Å². The van der Waals surface area contributed by atoms with Crippen molar-refractivity contribution in [3.05, 3.63) is 35.4 Å². The van der Waals surface area contributed by atoms with E-state index in [-0.39, 0.29) is 0 Å². The number of pyridine rings is 1. The molecule has 0 amide bonds. The highest BCUT2D eigenvalue weighted by molar-refractivity contribution is 5.88. The molecular weight excluding hydrogens is 314 g/mol. The Morgan fingerprint density at radius 1 is 1.28 bits per heavy atom. The summed E-state index contributed by atoms with van der Waals surface area (Å²) >= 11 is 0. The summed E-state index contributed by atoms with van der Waals surface area (Å²) in [5, 5.41) is 13.0. The first-order valence-electron chi connectivity index (χ1n) is 9.06. The molecule has 4 heterocycles. The van der Waals surface area contributed by atoms with Crippen LogP contribution in [0, 0.1) is 6.92 Å². The number of hydrogen-bond donors (Lipinski definition) is 2. The lowest BCUT2D eigenvalue weighted by Crippen LogP contribution is -2.30. The predicted molar refractivity (Wildman–Crippen MR) is 98.5 cm³/mol. The number of aromatic amines is 1. The quantitative estimate of drug-likeness (QED) is 0.672. The number of anilines is 1. The maximum Gasteiger partial charge on any atom is 0.157 e. The number of rotatable bonds is 6. The highest BCUT2D eigenvalue weighted by Gasteiger charge is 2.24. The van der Waals surface area contributed by atoms with Gasteiger partial charge in [0.25, 0.3) is 0 Å². The Kier molecular flexibility index (Phi) is 4.40. The molecule has 1 aliphatic heterocycles. The minimum Gasteiger partial charge on any atom is -0.366 e. The van der Waals surface area contributed by atoms with Gasteiger partial charge in [0.2, 0.25) is 0 Å². The van der Waals surface area contributed by atoms with Crippen molar-refractivity contribution in [2.24, 2.45) is 5.73 Å². The van der Waals surface area contributed by atoms with E-state index in [1.54, 1.807) is 0 Å². The van der Waals surface area contributed by atoms with Crippen LogP contribution in [0.4, 0.5) is 5.69 Å². The summed E-state index contributed by atoms with van der Waals surface area (Å²) in [5.74, 6) is 0. The van der Waals surface area contributed by atoms with Gasteiger partial charge in [-0.3, -0.25) is 9.78 Å². The Morgan fingerprint density at radius 2 is 2.20 bits per heavy atom. The molecule has 7 heteroatoms. The van der Waals surface area contributed by atoms with E-state index in [4.69, 9.17) is 10.8 Å². The first kappa shape index (κ1) is 16.1. The third-order valence-electron chi connectivity index (χ3n) is 5.13. The summed E-state index contributed by atoms with van der Waals surface area (Å²) in [6.07, 6.45) is 8.09. The standard InChI is InChI=1S/C18H25N7/c1-13-15-12-24(17-5-8-20-18-14(17)11-21-22-18)10-6-16(15)23-25(13)9-4-2-3-7-19/h5,8,11H,2-4,6-7,9-10,12,19H2,1H3,(H,20,21,22). The van der Waals surface area contributed by atoms with E-state index in [9.17, 15) is 0 Å². The fraction of sp³-hybridized carbons (Fsp3) is 0.500. The van der Waals surface area contributed by atoms with Gasteiger partial charge >= 0.3 is 0 Å². The molecule has 0 spiro atoms. The molecule has 0 saturated carbocycles. The fourth-order valence-electron chi connectivity index (χ4n) is 3.68. The molecule has 3 aromatic rings. The van der Waals surface area contributed by atoms with E-state index >= 15 is 0 Å². The maximum atomic E-state index is 5.58. The molecule has 0 bridgehead atoms. The number of hydrogen-bond acceptors (Lipinski definition) is 5. The van der Waals surface area contributed by atoms with E-state index in [1.807, 2.05) is 12.4 Å². The van der Waals surface area contributed by atoms with Crippen LogP contribution in [0.1, 0.15) is 36.2 Å². The third-order valence-corrected chi connectivity index (χ3v) is 5.13. The number of aromatic nitrogens is 5. The molecule has 0 aromatic carbocycles. The van der Waals surface area contributed by atoms with E-state index in [1.165, 1.54) is 29.1 Å². The topological polar surface area (TPSA) is 88.7 Å². The van der Waals surface area contributed by atoms with Gasteiger partial charge in [0.1, 0.15) is 0 Å². The normalized spacial score (nSPS) is 14.2. The van der Waals surface area contributed by atoms with Crippen LogP contribution in [-0.2, 0) is 19.5 Å². The van der Waals surface area contributed by atoms with Gasteiger partial charge in [-0.05, 0) is 32.4 Å². The Balaban J connectivity index is 1.55. The Bertz CT molecular complexity index is 864. The highest BCUT2D eigenvalue weighted by Crippen LogP contribution is 2.30. The van der Waals surface area contributed by atoms with E-state index in [0.717, 1.165) is 56.5 Å². The molecular formula is C18H25N7. The summed E-state index contributed by atoms with van der Waals surface area (Å²) in [6, 6.07) is 2.08. The molecule has 0 unspecified atom stereocenters. The van der Waals surface area contributed by atoms with Crippen LogP contribution in [0.2, 0.25) is 0 Å². The van der Waals surface area contributed by atoms with Gasteiger partial charge in [0, 0.05) is 43.5 Å². The second kappa shape index (κ2) is 6.84. The molecule has 0 radical (unpaired) electrons. The van der Waals surface area contributed by atoms with Crippen LogP contribution in [-0.4, -0.2) is 38.1 Å². The second-order valence-corrected chi connectivity index (χ2v) is 6.72. The average Bonchev–Trinajstić information content (AvgIpc) is 3.23. The van der Waals surface area contributed by atoms with Crippen LogP contribution in [0.5, 0.6) is 0 Å². The van der Waals surface area contributed by atoms with Crippen molar-refractivity contribution >= 4 is 16.7 Å². The minimum atomic E-state index is 0.776. The average molecular weight is 339 g/mol. The zero-order chi connectivity index (χ0) is 17.2. The molecule has 132 valence electrons. The molecule has 3 aromatic heterocycles. The smallest absolute Gasteiger partial charge is 0.157 e. The number of H-pyrrole nitrogens is 1. The van der Waals surface area contributed by atoms with Crippen molar-refractivity contribution < 1.29 is 0 Å². The predicted octanol–water partition coefficient (Wildman–Crippen LogP) is 2.15. The van der Waals surface area contributed by atoms with Crippen LogP contribution in [0.25, 0.3) is 11.0 Å². The van der Waals surface area contributed by atoms with Crippen molar-refractivity contribution in [1.82, 2.24) is 25.0 Å². The SMILES string of the molecule is Cc1c2c(nn1CCCCCN)CCN(c1ccnc3[nH]ncc13)C2. The number of nitrogens with one attached hydrogen (secondary N) is 1. The van der Waals surface area contributed by atoms with Crippen molar-refractivity contribution in [3.63, 3.8) is 0 Å². The molecule has 0 atom stereocenters. The molecule has 0 saturated heterocycles. The molecule has 1 aliphatic rings. The third kappa shape index (κ3) is 3.00. The number of nitrogens with two attached hydrogens (primary N) is 1. The molecule has 0 fully saturated rings. The monoisotopic (exact) mass is 339 g/mol. The van der Waals surface area contributed by atoms with Gasteiger partial charge in [-0.15, -0.1) is 0 Å². The van der Waals surface area contributed by atoms with Crippen LogP contribution < -0.4 is 10.6 Å². The van der Waals surface area contributed by atoms with E-state index in [0.29, 0.717) is 0 Å². The molecule has 3 N–H and O–H groups in total. The van der Waals surface area contributed by atoms with Crippen molar-refractivity contribution in [2.75, 3.05) is 18.0 Å². The van der Waals surface area contributed by atoms with Gasteiger partial charge in [0.15, 0.2) is 5.65 Å². The lowest BCUT2D eigenvalue weighted by Gasteiger charge is -2.29. The van der Waals surface area contributed by atoms with Gasteiger partial charge in [0.05, 0.1) is 23.0 Å². The van der Waals surface area contributed by atoms with Gasteiger partial charge in [-0.2, -0.15) is 10.2 Å². The van der Waals surface area contributed by atoms with Gasteiger partial charge in [-0.1, -0.05) is 6.42 Å². The molecule has 7 nitrogen and oxygen atoms in total. The number of aryl methyl sites for hydroxylation is 1. The van der Waals surface area contributed by atoms with E-state index < -0.39 is 0 Å². The summed E-state index contributed by atoms with van der Waals surface area (Å²) in [6.45, 7) is 5.82. The number of unbranched alkanes of at least 4 members (excludes halogenated alkanes) is 2. The summed E-state index contributed by atoms with van der Waals surface area (Å²) in [5.41, 5.74) is 11.5. The van der Waals surface area contributed by atoms with Crippen LogP contribution in [0.3, 0.4) is 0 Å². The molecule has 0 aliphatic carbocycles. The zero-order valence-electron chi connectivity index (χ0n) is 14.7. The van der Waals surface area contributed by atoms with Crippen molar-refractivity contribution in [1.29, 1.82) is 0 Å². The first-order chi connectivity index (χ1) is 12.3. The maximum absolute atomic E-state index is 5.58. The van der Waals surface area contributed by atoms with E-state index in [2.05, 4.69) is 37.8 Å². The second-order valence-electron chi connectivity index (χ2n) is 6.72. The largest absolute Gasteiger partial charge is 0.366 e. The number of fused-ring (bicyclic) bond motifs is 2. The van der Waals surface area contributed by atoms with Gasteiger partial charge < -0.3 is 10.6 Å². The first-order valence-corrected chi connectivity index (χ1v) is 9.06.